The Bertz CT molecular complexity index is 1030. The predicted molar refractivity (Wildman–Crippen MR) is 101 cm³/mol. The van der Waals surface area contributed by atoms with Gasteiger partial charge in [0.15, 0.2) is 5.65 Å². The maximum atomic E-state index is 13.2. The van der Waals surface area contributed by atoms with E-state index in [1.165, 1.54) is 12.1 Å². The number of benzene rings is 1. The van der Waals surface area contributed by atoms with Gasteiger partial charge in [-0.05, 0) is 24.3 Å². The molecule has 0 spiro atoms. The summed E-state index contributed by atoms with van der Waals surface area (Å²) in [6.07, 6.45) is 5.58. The van der Waals surface area contributed by atoms with Crippen molar-refractivity contribution in [3.05, 3.63) is 54.4 Å². The van der Waals surface area contributed by atoms with Gasteiger partial charge >= 0.3 is 0 Å². The molecular weight excluding hydrogens is 359 g/mol. The normalized spacial score (nSPS) is 14.9. The Morgan fingerprint density at radius 3 is 2.64 bits per heavy atom. The molecule has 0 aliphatic carbocycles. The number of carbonyl (C=O) groups is 1. The van der Waals surface area contributed by atoms with Gasteiger partial charge in [0, 0.05) is 63.3 Å². The standard InChI is InChI=1S/C20H19FN6O/c21-16-4-2-15(3-5-16)18-19-24-17(14-27(19)9-7-23-18)20(28)26-12-10-25(11-13-26)8-1-6-22/h2-5,7,9,14H,1,8,10-13H2. The molecule has 142 valence electrons. The zero-order valence-corrected chi connectivity index (χ0v) is 15.3. The van der Waals surface area contributed by atoms with Crippen LogP contribution in [0.4, 0.5) is 4.39 Å². The summed E-state index contributed by atoms with van der Waals surface area (Å²) in [4.78, 5) is 25.7. The van der Waals surface area contributed by atoms with Gasteiger partial charge in [0.05, 0.1) is 6.07 Å². The molecule has 1 aromatic carbocycles. The van der Waals surface area contributed by atoms with E-state index in [2.05, 4.69) is 20.9 Å². The molecule has 7 nitrogen and oxygen atoms in total. The lowest BCUT2D eigenvalue weighted by molar-refractivity contribution is 0.0634. The SMILES string of the molecule is N#CCCN1CCN(C(=O)c2cn3ccnc(-c4ccc(F)cc4)c3n2)CC1. The van der Waals surface area contributed by atoms with Crippen molar-refractivity contribution in [2.24, 2.45) is 0 Å². The van der Waals surface area contributed by atoms with Crippen LogP contribution in [0.15, 0.2) is 42.9 Å². The molecule has 0 N–H and O–H groups in total. The minimum Gasteiger partial charge on any atom is -0.335 e. The van der Waals surface area contributed by atoms with Gasteiger partial charge < -0.3 is 9.30 Å². The topological polar surface area (TPSA) is 77.5 Å². The molecular formula is C20H19FN6O. The molecule has 4 rings (SSSR count). The first kappa shape index (κ1) is 18.1. The van der Waals surface area contributed by atoms with Crippen molar-refractivity contribution in [1.29, 1.82) is 5.26 Å². The lowest BCUT2D eigenvalue weighted by Crippen LogP contribution is -2.48. The molecule has 1 aliphatic rings. The first-order chi connectivity index (χ1) is 13.7. The summed E-state index contributed by atoms with van der Waals surface area (Å²) in [6.45, 7) is 3.47. The highest BCUT2D eigenvalue weighted by Crippen LogP contribution is 2.22. The Morgan fingerprint density at radius 1 is 1.18 bits per heavy atom. The van der Waals surface area contributed by atoms with Crippen LogP contribution in [0.25, 0.3) is 16.9 Å². The third kappa shape index (κ3) is 3.57. The van der Waals surface area contributed by atoms with Crippen molar-refractivity contribution in [2.45, 2.75) is 6.42 Å². The summed E-state index contributed by atoms with van der Waals surface area (Å²) in [6, 6.07) is 8.20. The van der Waals surface area contributed by atoms with Crippen molar-refractivity contribution in [3.8, 4) is 17.3 Å². The van der Waals surface area contributed by atoms with E-state index in [0.717, 1.165) is 25.2 Å². The van der Waals surface area contributed by atoms with Gasteiger partial charge in [-0.3, -0.25) is 14.7 Å². The van der Waals surface area contributed by atoms with Crippen molar-refractivity contribution in [3.63, 3.8) is 0 Å². The Morgan fingerprint density at radius 2 is 1.93 bits per heavy atom. The molecule has 0 radical (unpaired) electrons. The Kier molecular flexibility index (Phi) is 5.00. The van der Waals surface area contributed by atoms with Crippen molar-refractivity contribution in [1.82, 2.24) is 24.2 Å². The third-order valence-corrected chi connectivity index (χ3v) is 4.91. The number of imidazole rings is 1. The molecule has 1 saturated heterocycles. The van der Waals surface area contributed by atoms with E-state index in [1.807, 2.05) is 0 Å². The second kappa shape index (κ2) is 7.74. The third-order valence-electron chi connectivity index (χ3n) is 4.91. The van der Waals surface area contributed by atoms with E-state index in [4.69, 9.17) is 5.26 Å². The van der Waals surface area contributed by atoms with Gasteiger partial charge in [-0.25, -0.2) is 9.37 Å². The lowest BCUT2D eigenvalue weighted by Gasteiger charge is -2.33. The fourth-order valence-electron chi connectivity index (χ4n) is 3.38. The number of hydrogen-bond donors (Lipinski definition) is 0. The molecule has 28 heavy (non-hydrogen) atoms. The molecule has 2 aromatic heterocycles. The number of aromatic nitrogens is 3. The van der Waals surface area contributed by atoms with Crippen LogP contribution in [0.1, 0.15) is 16.9 Å². The molecule has 0 bridgehead atoms. The average Bonchev–Trinajstić information content (AvgIpc) is 3.17. The van der Waals surface area contributed by atoms with E-state index in [-0.39, 0.29) is 11.7 Å². The van der Waals surface area contributed by atoms with Gasteiger partial charge in [0.2, 0.25) is 0 Å². The van der Waals surface area contributed by atoms with Crippen LogP contribution < -0.4 is 0 Å². The van der Waals surface area contributed by atoms with Gasteiger partial charge in [-0.1, -0.05) is 0 Å². The van der Waals surface area contributed by atoms with Gasteiger partial charge in [0.25, 0.3) is 5.91 Å². The van der Waals surface area contributed by atoms with Crippen LogP contribution >= 0.6 is 0 Å². The zero-order valence-electron chi connectivity index (χ0n) is 15.3. The summed E-state index contributed by atoms with van der Waals surface area (Å²) in [5.41, 5.74) is 2.26. The highest BCUT2D eigenvalue weighted by molar-refractivity contribution is 5.93. The molecule has 3 heterocycles. The monoisotopic (exact) mass is 378 g/mol. The number of nitrogens with zero attached hydrogens (tertiary/aromatic N) is 6. The van der Waals surface area contributed by atoms with Crippen molar-refractivity contribution in [2.75, 3.05) is 32.7 Å². The number of hydrogen-bond acceptors (Lipinski definition) is 5. The Labute approximate surface area is 161 Å². The van der Waals surface area contributed by atoms with Crippen LogP contribution in [-0.2, 0) is 0 Å². The van der Waals surface area contributed by atoms with E-state index in [0.29, 0.717) is 36.5 Å². The fourth-order valence-corrected chi connectivity index (χ4v) is 3.38. The summed E-state index contributed by atoms with van der Waals surface area (Å²) < 4.78 is 15.0. The molecule has 1 fully saturated rings. The number of nitriles is 1. The number of amides is 1. The molecule has 1 amide bonds. The fraction of sp³-hybridized carbons (Fsp3) is 0.300. The maximum Gasteiger partial charge on any atom is 0.274 e. The highest BCUT2D eigenvalue weighted by Gasteiger charge is 2.24. The summed E-state index contributed by atoms with van der Waals surface area (Å²) in [7, 11) is 0. The van der Waals surface area contributed by atoms with Gasteiger partial charge in [-0.2, -0.15) is 5.26 Å². The molecule has 3 aromatic rings. The first-order valence-electron chi connectivity index (χ1n) is 9.14. The number of carbonyl (C=O) groups excluding carboxylic acids is 1. The molecule has 1 aliphatic heterocycles. The van der Waals surface area contributed by atoms with Gasteiger partial charge in [-0.15, -0.1) is 0 Å². The van der Waals surface area contributed by atoms with Crippen molar-refractivity contribution >= 4 is 11.6 Å². The Balaban J connectivity index is 1.55. The number of piperazine rings is 1. The summed E-state index contributed by atoms with van der Waals surface area (Å²) >= 11 is 0. The van der Waals surface area contributed by atoms with Crippen LogP contribution in [0, 0.1) is 17.1 Å². The van der Waals surface area contributed by atoms with E-state index >= 15 is 0 Å². The predicted octanol–water partition coefficient (Wildman–Crippen LogP) is 2.21. The Hall–Kier alpha value is -3.31. The molecule has 0 saturated carbocycles. The van der Waals surface area contributed by atoms with Crippen LogP contribution in [0.3, 0.4) is 0 Å². The van der Waals surface area contributed by atoms with E-state index in [1.54, 1.807) is 40.0 Å². The quantitative estimate of drug-likeness (QED) is 0.696. The van der Waals surface area contributed by atoms with Crippen LogP contribution in [0.2, 0.25) is 0 Å². The molecule has 0 unspecified atom stereocenters. The van der Waals surface area contributed by atoms with Crippen LogP contribution in [-0.4, -0.2) is 62.8 Å². The smallest absolute Gasteiger partial charge is 0.274 e. The zero-order chi connectivity index (χ0) is 19.5. The minimum absolute atomic E-state index is 0.117. The first-order valence-corrected chi connectivity index (χ1v) is 9.14. The molecule has 8 heteroatoms. The second-order valence-electron chi connectivity index (χ2n) is 6.68. The highest BCUT2D eigenvalue weighted by atomic mass is 19.1. The van der Waals surface area contributed by atoms with Crippen molar-refractivity contribution < 1.29 is 9.18 Å². The lowest BCUT2D eigenvalue weighted by atomic mass is 10.1. The number of fused-ring (bicyclic) bond motifs is 1. The van der Waals surface area contributed by atoms with E-state index in [9.17, 15) is 9.18 Å². The average molecular weight is 378 g/mol. The maximum absolute atomic E-state index is 13.2. The van der Waals surface area contributed by atoms with Gasteiger partial charge in [0.1, 0.15) is 17.2 Å². The molecule has 0 atom stereocenters. The number of rotatable bonds is 4. The largest absolute Gasteiger partial charge is 0.335 e. The number of halogens is 1. The summed E-state index contributed by atoms with van der Waals surface area (Å²) in [5.74, 6) is -0.433. The summed E-state index contributed by atoms with van der Waals surface area (Å²) in [5, 5.41) is 8.70. The van der Waals surface area contributed by atoms with Crippen LogP contribution in [0.5, 0.6) is 0 Å². The minimum atomic E-state index is -0.316. The van der Waals surface area contributed by atoms with E-state index < -0.39 is 0 Å². The second-order valence-corrected chi connectivity index (χ2v) is 6.68.